The lowest BCUT2D eigenvalue weighted by Gasteiger charge is -2.08. The molecule has 0 amide bonds. The number of rotatable bonds is 8. The number of oxazole rings is 1. The molecule has 25 heavy (non-hydrogen) atoms. The van der Waals surface area contributed by atoms with Crippen molar-refractivity contribution in [1.82, 2.24) is 10.3 Å². The largest absolute Gasteiger partial charge is 0.493 e. The molecule has 0 saturated heterocycles. The molecule has 4 heteroatoms. The molecule has 0 aliphatic carbocycles. The van der Waals surface area contributed by atoms with E-state index in [4.69, 9.17) is 9.15 Å². The Bertz CT molecular complexity index is 797. The average molecular weight is 336 g/mol. The number of hydrogen-bond donors (Lipinski definition) is 1. The molecular formula is C21H24N2O2. The van der Waals surface area contributed by atoms with Crippen molar-refractivity contribution in [1.29, 1.82) is 0 Å². The van der Waals surface area contributed by atoms with Gasteiger partial charge in [-0.3, -0.25) is 0 Å². The van der Waals surface area contributed by atoms with E-state index in [0.717, 1.165) is 42.3 Å². The van der Waals surface area contributed by atoms with Crippen LogP contribution >= 0.6 is 0 Å². The van der Waals surface area contributed by atoms with Gasteiger partial charge in [0.05, 0.1) is 12.3 Å². The van der Waals surface area contributed by atoms with Gasteiger partial charge in [0.15, 0.2) is 0 Å². The zero-order valence-corrected chi connectivity index (χ0v) is 14.8. The lowest BCUT2D eigenvalue weighted by Crippen LogP contribution is -2.11. The molecule has 130 valence electrons. The first-order chi connectivity index (χ1) is 12.3. The van der Waals surface area contributed by atoms with Crippen LogP contribution in [0.25, 0.3) is 11.5 Å². The molecule has 1 N–H and O–H groups in total. The van der Waals surface area contributed by atoms with Crippen molar-refractivity contribution in [2.45, 2.75) is 26.8 Å². The van der Waals surface area contributed by atoms with Gasteiger partial charge in [0.25, 0.3) is 0 Å². The van der Waals surface area contributed by atoms with Gasteiger partial charge in [-0.25, -0.2) is 4.98 Å². The number of nitrogens with one attached hydrogen (secondary N) is 1. The Labute approximate surface area is 148 Å². The SMILES string of the molecule is CCNCc1cccc(OCCc2nc(-c3ccccc3)oc2C)c1. The van der Waals surface area contributed by atoms with Crippen molar-refractivity contribution in [3.8, 4) is 17.2 Å². The maximum absolute atomic E-state index is 5.89. The normalized spacial score (nSPS) is 10.8. The number of ether oxygens (including phenoxy) is 1. The minimum Gasteiger partial charge on any atom is -0.493 e. The van der Waals surface area contributed by atoms with Crippen molar-refractivity contribution in [2.24, 2.45) is 0 Å². The van der Waals surface area contributed by atoms with Gasteiger partial charge in [0.2, 0.25) is 5.89 Å². The predicted octanol–water partition coefficient (Wildman–Crippen LogP) is 4.38. The van der Waals surface area contributed by atoms with E-state index < -0.39 is 0 Å². The molecule has 0 atom stereocenters. The fraction of sp³-hybridized carbons (Fsp3) is 0.286. The summed E-state index contributed by atoms with van der Waals surface area (Å²) in [5.41, 5.74) is 3.17. The van der Waals surface area contributed by atoms with Crippen LogP contribution in [0.4, 0.5) is 0 Å². The summed E-state index contributed by atoms with van der Waals surface area (Å²) in [5, 5.41) is 3.32. The Morgan fingerprint density at radius 3 is 2.72 bits per heavy atom. The number of aryl methyl sites for hydroxylation is 1. The quantitative estimate of drug-likeness (QED) is 0.663. The van der Waals surface area contributed by atoms with Crippen LogP contribution in [0.2, 0.25) is 0 Å². The summed E-state index contributed by atoms with van der Waals surface area (Å²) < 4.78 is 11.7. The number of nitrogens with zero attached hydrogens (tertiary/aromatic N) is 1. The van der Waals surface area contributed by atoms with Crippen molar-refractivity contribution in [3.63, 3.8) is 0 Å². The Morgan fingerprint density at radius 1 is 1.08 bits per heavy atom. The van der Waals surface area contributed by atoms with E-state index in [-0.39, 0.29) is 0 Å². The highest BCUT2D eigenvalue weighted by Crippen LogP contribution is 2.22. The van der Waals surface area contributed by atoms with Crippen molar-refractivity contribution >= 4 is 0 Å². The van der Waals surface area contributed by atoms with Gasteiger partial charge in [-0.05, 0) is 43.3 Å². The Balaban J connectivity index is 1.58. The fourth-order valence-electron chi connectivity index (χ4n) is 2.64. The zero-order chi connectivity index (χ0) is 17.5. The average Bonchev–Trinajstić information content (AvgIpc) is 3.02. The molecule has 0 fully saturated rings. The summed E-state index contributed by atoms with van der Waals surface area (Å²) in [7, 11) is 0. The minimum atomic E-state index is 0.576. The number of aromatic nitrogens is 1. The maximum atomic E-state index is 5.89. The van der Waals surface area contributed by atoms with Crippen LogP contribution in [0.3, 0.4) is 0 Å². The summed E-state index contributed by atoms with van der Waals surface area (Å²) in [5.74, 6) is 2.41. The van der Waals surface area contributed by atoms with Gasteiger partial charge in [-0.15, -0.1) is 0 Å². The van der Waals surface area contributed by atoms with Crippen LogP contribution in [0.1, 0.15) is 23.9 Å². The summed E-state index contributed by atoms with van der Waals surface area (Å²) in [6.07, 6.45) is 0.722. The topological polar surface area (TPSA) is 47.3 Å². The van der Waals surface area contributed by atoms with E-state index in [9.17, 15) is 0 Å². The molecule has 2 aromatic carbocycles. The van der Waals surface area contributed by atoms with E-state index in [0.29, 0.717) is 12.5 Å². The van der Waals surface area contributed by atoms with Gasteiger partial charge in [0, 0.05) is 18.5 Å². The van der Waals surface area contributed by atoms with Crippen molar-refractivity contribution in [3.05, 3.63) is 71.6 Å². The van der Waals surface area contributed by atoms with E-state index in [1.165, 1.54) is 5.56 Å². The standard InChI is InChI=1S/C21H24N2O2/c1-3-22-15-17-8-7-11-19(14-17)24-13-12-20-16(2)25-21(23-20)18-9-5-4-6-10-18/h4-11,14,22H,3,12-13,15H2,1-2H3. The predicted molar refractivity (Wildman–Crippen MR) is 99.7 cm³/mol. The molecule has 4 nitrogen and oxygen atoms in total. The second kappa shape index (κ2) is 8.49. The third-order valence-electron chi connectivity index (χ3n) is 4.00. The summed E-state index contributed by atoms with van der Waals surface area (Å²) in [4.78, 5) is 4.61. The third-order valence-corrected chi connectivity index (χ3v) is 4.00. The van der Waals surface area contributed by atoms with Crippen molar-refractivity contribution < 1.29 is 9.15 Å². The van der Waals surface area contributed by atoms with Crippen LogP contribution in [0.15, 0.2) is 59.0 Å². The van der Waals surface area contributed by atoms with Gasteiger partial charge in [-0.1, -0.05) is 37.3 Å². The van der Waals surface area contributed by atoms with Crippen LogP contribution in [0, 0.1) is 6.92 Å². The highest BCUT2D eigenvalue weighted by Gasteiger charge is 2.11. The third kappa shape index (κ3) is 4.70. The first-order valence-corrected chi connectivity index (χ1v) is 8.70. The summed E-state index contributed by atoms with van der Waals surface area (Å²) in [6.45, 7) is 6.44. The first-order valence-electron chi connectivity index (χ1n) is 8.70. The zero-order valence-electron chi connectivity index (χ0n) is 14.8. The molecule has 1 aromatic heterocycles. The lowest BCUT2D eigenvalue weighted by molar-refractivity contribution is 0.319. The van der Waals surface area contributed by atoms with Crippen LogP contribution in [-0.4, -0.2) is 18.1 Å². The van der Waals surface area contributed by atoms with Crippen molar-refractivity contribution in [2.75, 3.05) is 13.2 Å². The highest BCUT2D eigenvalue weighted by atomic mass is 16.5. The molecule has 0 spiro atoms. The second-order valence-electron chi connectivity index (χ2n) is 5.91. The van der Waals surface area contributed by atoms with E-state index in [1.807, 2.05) is 49.4 Å². The maximum Gasteiger partial charge on any atom is 0.226 e. The van der Waals surface area contributed by atoms with Gasteiger partial charge < -0.3 is 14.5 Å². The second-order valence-corrected chi connectivity index (χ2v) is 5.91. The molecule has 0 saturated carbocycles. The van der Waals surface area contributed by atoms with E-state index >= 15 is 0 Å². The molecule has 3 aromatic rings. The molecule has 1 heterocycles. The monoisotopic (exact) mass is 336 g/mol. The molecule has 0 aliphatic rings. The lowest BCUT2D eigenvalue weighted by atomic mass is 10.2. The summed E-state index contributed by atoms with van der Waals surface area (Å²) in [6, 6.07) is 18.1. The van der Waals surface area contributed by atoms with Crippen LogP contribution in [-0.2, 0) is 13.0 Å². The van der Waals surface area contributed by atoms with Gasteiger partial charge in [-0.2, -0.15) is 0 Å². The fourth-order valence-corrected chi connectivity index (χ4v) is 2.64. The first kappa shape index (κ1) is 17.2. The van der Waals surface area contributed by atoms with Gasteiger partial charge >= 0.3 is 0 Å². The smallest absolute Gasteiger partial charge is 0.226 e. The Kier molecular flexibility index (Phi) is 5.86. The Morgan fingerprint density at radius 2 is 1.92 bits per heavy atom. The highest BCUT2D eigenvalue weighted by molar-refractivity contribution is 5.53. The van der Waals surface area contributed by atoms with Crippen LogP contribution < -0.4 is 10.1 Å². The molecule has 3 rings (SSSR count). The molecular weight excluding hydrogens is 312 g/mol. The molecule has 0 unspecified atom stereocenters. The molecule has 0 aliphatic heterocycles. The van der Waals surface area contributed by atoms with Crippen LogP contribution in [0.5, 0.6) is 5.75 Å². The summed E-state index contributed by atoms with van der Waals surface area (Å²) >= 11 is 0. The Hall–Kier alpha value is -2.59. The van der Waals surface area contributed by atoms with Gasteiger partial charge in [0.1, 0.15) is 11.5 Å². The van der Waals surface area contributed by atoms with E-state index in [2.05, 4.69) is 29.4 Å². The minimum absolute atomic E-state index is 0.576. The molecule has 0 bridgehead atoms. The molecule has 0 radical (unpaired) electrons. The van der Waals surface area contributed by atoms with E-state index in [1.54, 1.807) is 0 Å². The number of benzene rings is 2. The number of hydrogen-bond acceptors (Lipinski definition) is 4.